The van der Waals surface area contributed by atoms with Crippen molar-refractivity contribution in [3.05, 3.63) is 82.8 Å². The van der Waals surface area contributed by atoms with E-state index in [-0.39, 0.29) is 53.8 Å². The van der Waals surface area contributed by atoms with E-state index >= 15 is 0 Å². The molecule has 182 valence electrons. The van der Waals surface area contributed by atoms with Gasteiger partial charge in [-0.1, -0.05) is 18.2 Å². The van der Waals surface area contributed by atoms with Crippen molar-refractivity contribution in [1.82, 2.24) is 15.2 Å². The van der Waals surface area contributed by atoms with Crippen LogP contribution in [0.4, 0.5) is 4.39 Å². The van der Waals surface area contributed by atoms with Crippen LogP contribution >= 0.6 is 0 Å². The molecule has 8 heteroatoms. The molecule has 1 unspecified atom stereocenters. The maximum absolute atomic E-state index is 14.1. The summed E-state index contributed by atoms with van der Waals surface area (Å²) >= 11 is 0. The smallest absolute Gasteiger partial charge is 0.273 e. The summed E-state index contributed by atoms with van der Waals surface area (Å²) in [6.45, 7) is 4.38. The average molecular weight is 478 g/mol. The molecule has 0 saturated heterocycles. The fraction of sp³-hybridized carbons (Fsp3) is 0.370. The summed E-state index contributed by atoms with van der Waals surface area (Å²) in [4.78, 5) is 31.3. The van der Waals surface area contributed by atoms with Crippen LogP contribution in [0, 0.1) is 11.7 Å². The number of nitrogens with zero attached hydrogens (tertiary/aromatic N) is 2. The summed E-state index contributed by atoms with van der Waals surface area (Å²) in [6, 6.07) is 11.8. The van der Waals surface area contributed by atoms with E-state index in [4.69, 9.17) is 9.15 Å². The molecule has 0 radical (unpaired) electrons. The zero-order valence-electron chi connectivity index (χ0n) is 19.8. The van der Waals surface area contributed by atoms with Crippen molar-refractivity contribution in [1.29, 1.82) is 0 Å². The van der Waals surface area contributed by atoms with E-state index in [9.17, 15) is 14.0 Å². The number of rotatable bonds is 7. The second-order valence-electron chi connectivity index (χ2n) is 9.42. The Hall–Kier alpha value is -3.68. The topological polar surface area (TPSA) is 84.7 Å². The van der Waals surface area contributed by atoms with Gasteiger partial charge in [0.05, 0.1) is 6.04 Å². The van der Waals surface area contributed by atoms with Gasteiger partial charge in [-0.25, -0.2) is 9.37 Å². The van der Waals surface area contributed by atoms with Crippen molar-refractivity contribution in [2.75, 3.05) is 6.54 Å². The van der Waals surface area contributed by atoms with Gasteiger partial charge < -0.3 is 19.4 Å². The van der Waals surface area contributed by atoms with Crippen LogP contribution in [0.15, 0.2) is 53.1 Å². The van der Waals surface area contributed by atoms with Crippen LogP contribution in [-0.2, 0) is 17.8 Å². The van der Waals surface area contributed by atoms with Crippen LogP contribution < -0.4 is 10.1 Å². The van der Waals surface area contributed by atoms with Crippen molar-refractivity contribution in [2.24, 2.45) is 5.92 Å². The molecule has 1 fully saturated rings. The van der Waals surface area contributed by atoms with Gasteiger partial charge in [-0.15, -0.1) is 0 Å². The third-order valence-corrected chi connectivity index (χ3v) is 6.29. The molecule has 3 aromatic rings. The van der Waals surface area contributed by atoms with Crippen molar-refractivity contribution in [2.45, 2.75) is 51.8 Å². The number of nitrogens with one attached hydrogen (secondary N) is 1. The molecule has 0 bridgehead atoms. The van der Waals surface area contributed by atoms with Gasteiger partial charge in [-0.05, 0) is 74.1 Å². The number of halogens is 1. The van der Waals surface area contributed by atoms with Crippen LogP contribution in [0.2, 0.25) is 0 Å². The highest BCUT2D eigenvalue weighted by Gasteiger charge is 2.39. The molecule has 2 aromatic carbocycles. The lowest BCUT2D eigenvalue weighted by Gasteiger charge is -2.38. The van der Waals surface area contributed by atoms with E-state index < -0.39 is 0 Å². The molecule has 5 rings (SSSR count). The fourth-order valence-corrected chi connectivity index (χ4v) is 4.48. The largest absolute Gasteiger partial charge is 0.484 e. The van der Waals surface area contributed by atoms with E-state index in [0.29, 0.717) is 12.3 Å². The maximum Gasteiger partial charge on any atom is 0.273 e. The van der Waals surface area contributed by atoms with Crippen LogP contribution in [0.5, 0.6) is 5.75 Å². The predicted molar refractivity (Wildman–Crippen MR) is 126 cm³/mol. The van der Waals surface area contributed by atoms with Crippen LogP contribution in [0.3, 0.4) is 0 Å². The van der Waals surface area contributed by atoms with E-state index in [0.717, 1.165) is 36.0 Å². The lowest BCUT2D eigenvalue weighted by Crippen LogP contribution is -2.41. The summed E-state index contributed by atoms with van der Waals surface area (Å²) < 4.78 is 25.5. The van der Waals surface area contributed by atoms with Gasteiger partial charge in [0.15, 0.2) is 12.3 Å². The number of oxazole rings is 1. The Labute approximate surface area is 203 Å². The van der Waals surface area contributed by atoms with Gasteiger partial charge in [0.25, 0.3) is 5.91 Å². The van der Waals surface area contributed by atoms with Gasteiger partial charge in [0.2, 0.25) is 11.8 Å². The third kappa shape index (κ3) is 5.06. The highest BCUT2D eigenvalue weighted by atomic mass is 19.1. The molecule has 1 saturated carbocycles. The van der Waals surface area contributed by atoms with E-state index in [1.807, 2.05) is 43.0 Å². The Balaban J connectivity index is 1.39. The van der Waals surface area contributed by atoms with Gasteiger partial charge >= 0.3 is 0 Å². The molecular weight excluding hydrogens is 449 g/mol. The Kier molecular flexibility index (Phi) is 6.28. The quantitative estimate of drug-likeness (QED) is 0.545. The summed E-state index contributed by atoms with van der Waals surface area (Å²) in [5.74, 6) is 0.424. The first-order valence-electron chi connectivity index (χ1n) is 12.0. The third-order valence-electron chi connectivity index (χ3n) is 6.29. The van der Waals surface area contributed by atoms with Crippen LogP contribution in [0.1, 0.15) is 65.8 Å². The average Bonchev–Trinajstić information content (AvgIpc) is 3.58. The number of ether oxygens (including phenoxy) is 1. The van der Waals surface area contributed by atoms with Crippen molar-refractivity contribution < 1.29 is 23.1 Å². The number of fused-ring (bicyclic) bond motifs is 1. The van der Waals surface area contributed by atoms with Gasteiger partial charge in [-0.3, -0.25) is 9.59 Å². The minimum Gasteiger partial charge on any atom is -0.484 e. The minimum atomic E-state index is -0.376. The molecule has 1 aromatic heterocycles. The van der Waals surface area contributed by atoms with Crippen molar-refractivity contribution >= 4 is 11.8 Å². The molecule has 1 aliphatic heterocycles. The number of carbonyl (C=O) groups is 2. The molecule has 2 heterocycles. The SMILES string of the molecule is CC(C)NC(=O)c1coc(COc2ccc3c(c2)C(c2cccc(F)c2)N(C(=O)C2CC2)CC3)n1. The number of aromatic nitrogens is 1. The summed E-state index contributed by atoms with van der Waals surface area (Å²) in [6.07, 6.45) is 3.86. The summed E-state index contributed by atoms with van der Waals surface area (Å²) in [5.41, 5.74) is 2.97. The minimum absolute atomic E-state index is 0.00760. The Bertz CT molecular complexity index is 1250. The Morgan fingerprint density at radius 2 is 2.06 bits per heavy atom. The predicted octanol–water partition coefficient (Wildman–Crippen LogP) is 4.42. The second-order valence-corrected chi connectivity index (χ2v) is 9.42. The molecule has 2 amide bonds. The summed E-state index contributed by atoms with van der Waals surface area (Å²) in [5, 5.41) is 2.77. The number of hydrogen-bond donors (Lipinski definition) is 1. The van der Waals surface area contributed by atoms with Crippen molar-refractivity contribution in [3.63, 3.8) is 0 Å². The lowest BCUT2D eigenvalue weighted by atomic mass is 9.87. The monoisotopic (exact) mass is 477 g/mol. The Morgan fingerprint density at radius 3 is 2.80 bits per heavy atom. The normalized spacial score (nSPS) is 17.3. The highest BCUT2D eigenvalue weighted by molar-refractivity contribution is 5.92. The van der Waals surface area contributed by atoms with Gasteiger partial charge in [0, 0.05) is 18.5 Å². The standard InChI is InChI=1S/C27H28FN3O4/c1-16(2)29-26(32)23-14-35-24(30-23)15-34-21-9-8-17-10-11-31(27(33)18-6-7-18)25(22(17)13-21)19-4-3-5-20(28)12-19/h3-5,8-9,12-14,16,18,25H,6-7,10-11,15H2,1-2H3,(H,29,32). The molecule has 1 atom stereocenters. The number of amides is 2. The first-order chi connectivity index (χ1) is 16.9. The van der Waals surface area contributed by atoms with Crippen molar-refractivity contribution in [3.8, 4) is 5.75 Å². The van der Waals surface area contributed by atoms with Gasteiger partial charge in [-0.2, -0.15) is 0 Å². The highest BCUT2D eigenvalue weighted by Crippen LogP contribution is 2.41. The zero-order valence-corrected chi connectivity index (χ0v) is 19.8. The summed E-state index contributed by atoms with van der Waals surface area (Å²) in [7, 11) is 0. The molecular formula is C27H28FN3O4. The van der Waals surface area contributed by atoms with E-state index in [1.54, 1.807) is 6.07 Å². The zero-order chi connectivity index (χ0) is 24.5. The molecule has 7 nitrogen and oxygen atoms in total. The first kappa shape index (κ1) is 23.1. The van der Waals surface area contributed by atoms with Gasteiger partial charge in [0.1, 0.15) is 17.8 Å². The second kappa shape index (κ2) is 9.52. The molecule has 1 aliphatic carbocycles. The molecule has 2 aliphatic rings. The number of hydrogen-bond acceptors (Lipinski definition) is 5. The number of benzene rings is 2. The lowest BCUT2D eigenvalue weighted by molar-refractivity contribution is -0.134. The van der Waals surface area contributed by atoms with Crippen LogP contribution in [-0.4, -0.2) is 34.3 Å². The maximum atomic E-state index is 14.1. The van der Waals surface area contributed by atoms with E-state index in [2.05, 4.69) is 10.3 Å². The first-order valence-corrected chi connectivity index (χ1v) is 12.0. The molecule has 1 N–H and O–H groups in total. The Morgan fingerprint density at radius 1 is 1.23 bits per heavy atom. The molecule has 0 spiro atoms. The van der Waals surface area contributed by atoms with Crippen LogP contribution in [0.25, 0.3) is 0 Å². The number of carbonyl (C=O) groups excluding carboxylic acids is 2. The molecule has 35 heavy (non-hydrogen) atoms. The fourth-order valence-electron chi connectivity index (χ4n) is 4.48. The van der Waals surface area contributed by atoms with E-state index in [1.165, 1.54) is 18.4 Å².